The monoisotopic (exact) mass is 273 g/mol. The van der Waals surface area contributed by atoms with E-state index in [1.165, 1.54) is 31.2 Å². The van der Waals surface area contributed by atoms with Crippen LogP contribution < -0.4 is 10.6 Å². The molecule has 0 saturated heterocycles. The van der Waals surface area contributed by atoms with E-state index in [2.05, 4.69) is 52.9 Å². The Hall–Kier alpha value is -1.51. The normalized spacial score (nSPS) is 16.4. The van der Waals surface area contributed by atoms with E-state index in [1.807, 2.05) is 0 Å². The summed E-state index contributed by atoms with van der Waals surface area (Å²) in [6, 6.07) is 11.3. The average Bonchev–Trinajstić information content (AvgIpc) is 2.98. The van der Waals surface area contributed by atoms with Crippen molar-refractivity contribution < 1.29 is 0 Å². The quantitative estimate of drug-likeness (QED) is 0.475. The minimum absolute atomic E-state index is 0.627. The van der Waals surface area contributed by atoms with Crippen LogP contribution in [0.2, 0.25) is 0 Å². The summed E-state index contributed by atoms with van der Waals surface area (Å²) in [5.41, 5.74) is 1.40. The Kier molecular flexibility index (Phi) is 6.42. The summed E-state index contributed by atoms with van der Waals surface area (Å²) in [6.45, 7) is 3.93. The second kappa shape index (κ2) is 8.62. The molecule has 1 saturated carbocycles. The number of rotatable bonds is 6. The molecule has 0 aliphatic heterocycles. The van der Waals surface area contributed by atoms with Gasteiger partial charge in [-0.2, -0.15) is 0 Å². The van der Waals surface area contributed by atoms with E-state index in [0.29, 0.717) is 6.04 Å². The molecule has 0 aromatic heterocycles. The molecule has 3 nitrogen and oxygen atoms in total. The maximum Gasteiger partial charge on any atom is 0.191 e. The standard InChI is InChI=1S/C17H27N3/c1-2-18-17(20-16-12-6-7-13-16)19-14-8-11-15-9-4-3-5-10-15/h3-5,9-10,16H,2,6-8,11-14H2,1H3,(H2,18,19,20). The van der Waals surface area contributed by atoms with Crippen LogP contribution in [-0.4, -0.2) is 25.1 Å². The Balaban J connectivity index is 1.73. The summed E-state index contributed by atoms with van der Waals surface area (Å²) < 4.78 is 0. The highest BCUT2D eigenvalue weighted by Crippen LogP contribution is 2.17. The molecule has 3 heteroatoms. The lowest BCUT2D eigenvalue weighted by Gasteiger charge is -2.16. The van der Waals surface area contributed by atoms with Crippen molar-refractivity contribution in [2.45, 2.75) is 51.5 Å². The van der Waals surface area contributed by atoms with E-state index in [0.717, 1.165) is 31.9 Å². The molecule has 20 heavy (non-hydrogen) atoms. The van der Waals surface area contributed by atoms with Crippen molar-refractivity contribution >= 4 is 5.96 Å². The Morgan fingerprint density at radius 3 is 2.65 bits per heavy atom. The molecule has 0 heterocycles. The Bertz CT molecular complexity index is 394. The Morgan fingerprint density at radius 2 is 1.95 bits per heavy atom. The molecule has 1 aromatic carbocycles. The average molecular weight is 273 g/mol. The SMILES string of the molecule is CCNC(=NCCCc1ccccc1)NC1CCCC1. The van der Waals surface area contributed by atoms with E-state index in [1.54, 1.807) is 0 Å². The maximum absolute atomic E-state index is 4.69. The molecule has 110 valence electrons. The number of aliphatic imine (C=N–C) groups is 1. The molecule has 0 amide bonds. The van der Waals surface area contributed by atoms with E-state index in [4.69, 9.17) is 0 Å². The van der Waals surface area contributed by atoms with Gasteiger partial charge >= 0.3 is 0 Å². The van der Waals surface area contributed by atoms with Crippen LogP contribution in [0.1, 0.15) is 44.6 Å². The molecule has 1 aromatic rings. The minimum Gasteiger partial charge on any atom is -0.357 e. The summed E-state index contributed by atoms with van der Waals surface area (Å²) in [4.78, 5) is 4.69. The van der Waals surface area contributed by atoms with Gasteiger partial charge in [0.2, 0.25) is 0 Å². The maximum atomic E-state index is 4.69. The summed E-state index contributed by atoms with van der Waals surface area (Å²) >= 11 is 0. The van der Waals surface area contributed by atoms with Gasteiger partial charge in [-0.1, -0.05) is 43.2 Å². The number of guanidine groups is 1. The number of hydrogen-bond donors (Lipinski definition) is 2. The number of nitrogens with one attached hydrogen (secondary N) is 2. The first kappa shape index (κ1) is 14.9. The molecule has 2 N–H and O–H groups in total. The third kappa shape index (κ3) is 5.24. The van der Waals surface area contributed by atoms with Gasteiger partial charge in [-0.05, 0) is 38.2 Å². The zero-order valence-electron chi connectivity index (χ0n) is 12.6. The first-order chi connectivity index (χ1) is 9.88. The molecule has 0 unspecified atom stereocenters. The second-order valence-electron chi connectivity index (χ2n) is 5.48. The van der Waals surface area contributed by atoms with Gasteiger partial charge in [0, 0.05) is 19.1 Å². The largest absolute Gasteiger partial charge is 0.357 e. The molecular formula is C17H27N3. The Morgan fingerprint density at radius 1 is 1.20 bits per heavy atom. The molecule has 2 rings (SSSR count). The topological polar surface area (TPSA) is 36.4 Å². The van der Waals surface area contributed by atoms with Gasteiger partial charge in [0.15, 0.2) is 5.96 Å². The van der Waals surface area contributed by atoms with Crippen molar-refractivity contribution in [2.75, 3.05) is 13.1 Å². The first-order valence-electron chi connectivity index (χ1n) is 7.97. The molecule has 1 fully saturated rings. The van der Waals surface area contributed by atoms with Crippen molar-refractivity contribution in [3.05, 3.63) is 35.9 Å². The highest BCUT2D eigenvalue weighted by molar-refractivity contribution is 5.80. The second-order valence-corrected chi connectivity index (χ2v) is 5.48. The minimum atomic E-state index is 0.627. The molecule has 0 spiro atoms. The molecule has 0 radical (unpaired) electrons. The van der Waals surface area contributed by atoms with Crippen LogP contribution >= 0.6 is 0 Å². The van der Waals surface area contributed by atoms with E-state index >= 15 is 0 Å². The van der Waals surface area contributed by atoms with Crippen molar-refractivity contribution in [2.24, 2.45) is 4.99 Å². The molecule has 0 bridgehead atoms. The van der Waals surface area contributed by atoms with Crippen molar-refractivity contribution in [3.63, 3.8) is 0 Å². The molecule has 1 aliphatic rings. The summed E-state index contributed by atoms with van der Waals surface area (Å²) in [7, 11) is 0. The van der Waals surface area contributed by atoms with Crippen LogP contribution in [0.25, 0.3) is 0 Å². The van der Waals surface area contributed by atoms with E-state index in [9.17, 15) is 0 Å². The van der Waals surface area contributed by atoms with Crippen molar-refractivity contribution in [1.82, 2.24) is 10.6 Å². The Labute approximate surface area is 122 Å². The van der Waals surface area contributed by atoms with Gasteiger partial charge in [0.1, 0.15) is 0 Å². The number of hydrogen-bond acceptors (Lipinski definition) is 1. The third-order valence-corrected chi connectivity index (χ3v) is 3.78. The van der Waals surface area contributed by atoms with Crippen molar-refractivity contribution in [3.8, 4) is 0 Å². The summed E-state index contributed by atoms with van der Waals surface area (Å²) in [5.74, 6) is 0.993. The van der Waals surface area contributed by atoms with Gasteiger partial charge in [-0.15, -0.1) is 0 Å². The molecular weight excluding hydrogens is 246 g/mol. The van der Waals surface area contributed by atoms with E-state index in [-0.39, 0.29) is 0 Å². The number of benzene rings is 1. The van der Waals surface area contributed by atoms with Crippen LogP contribution in [-0.2, 0) is 6.42 Å². The van der Waals surface area contributed by atoms with Gasteiger partial charge in [-0.25, -0.2) is 0 Å². The lowest BCUT2D eigenvalue weighted by atomic mass is 10.1. The number of nitrogens with zero attached hydrogens (tertiary/aromatic N) is 1. The molecule has 0 atom stereocenters. The van der Waals surface area contributed by atoms with Gasteiger partial charge in [-0.3, -0.25) is 4.99 Å². The summed E-state index contributed by atoms with van der Waals surface area (Å²) in [6.07, 6.45) is 7.48. The number of aryl methyl sites for hydroxylation is 1. The first-order valence-corrected chi connectivity index (χ1v) is 7.97. The van der Waals surface area contributed by atoms with Gasteiger partial charge < -0.3 is 10.6 Å². The van der Waals surface area contributed by atoms with Gasteiger partial charge in [0.25, 0.3) is 0 Å². The highest BCUT2D eigenvalue weighted by atomic mass is 15.2. The van der Waals surface area contributed by atoms with E-state index < -0.39 is 0 Å². The lowest BCUT2D eigenvalue weighted by molar-refractivity contribution is 0.613. The predicted octanol–water partition coefficient (Wildman–Crippen LogP) is 3.12. The summed E-state index contributed by atoms with van der Waals surface area (Å²) in [5, 5.41) is 6.90. The fraction of sp³-hybridized carbons (Fsp3) is 0.588. The fourth-order valence-electron chi connectivity index (χ4n) is 2.70. The predicted molar refractivity (Wildman–Crippen MR) is 86.1 cm³/mol. The van der Waals surface area contributed by atoms with Gasteiger partial charge in [0.05, 0.1) is 0 Å². The van der Waals surface area contributed by atoms with Crippen LogP contribution in [0, 0.1) is 0 Å². The third-order valence-electron chi connectivity index (χ3n) is 3.78. The fourth-order valence-corrected chi connectivity index (χ4v) is 2.70. The van der Waals surface area contributed by atoms with Crippen molar-refractivity contribution in [1.29, 1.82) is 0 Å². The zero-order chi connectivity index (χ0) is 14.0. The lowest BCUT2D eigenvalue weighted by Crippen LogP contribution is -2.42. The smallest absolute Gasteiger partial charge is 0.191 e. The van der Waals surface area contributed by atoms with Crippen LogP contribution in [0.15, 0.2) is 35.3 Å². The van der Waals surface area contributed by atoms with Crippen LogP contribution in [0.5, 0.6) is 0 Å². The van der Waals surface area contributed by atoms with Crippen LogP contribution in [0.3, 0.4) is 0 Å². The highest BCUT2D eigenvalue weighted by Gasteiger charge is 2.15. The zero-order valence-corrected chi connectivity index (χ0v) is 12.6. The van der Waals surface area contributed by atoms with Crippen LogP contribution in [0.4, 0.5) is 0 Å². The molecule has 1 aliphatic carbocycles.